The molecule has 2 N–H and O–H groups in total. The van der Waals surface area contributed by atoms with Crippen LogP contribution in [0, 0.1) is 17.5 Å². The van der Waals surface area contributed by atoms with Crippen LogP contribution in [0.25, 0.3) is 10.9 Å². The molecule has 4 aromatic rings. The minimum Gasteiger partial charge on any atom is -0.488 e. The first kappa shape index (κ1) is 19.9. The van der Waals surface area contributed by atoms with Gasteiger partial charge in [-0.2, -0.15) is 5.10 Å². The largest absolute Gasteiger partial charge is 0.488 e. The Morgan fingerprint density at radius 2 is 1.76 bits per heavy atom. The molecule has 168 valence electrons. The number of fused-ring (bicyclic) bond motifs is 3. The third kappa shape index (κ3) is 3.36. The van der Waals surface area contributed by atoms with E-state index in [1.165, 1.54) is 24.3 Å². The summed E-state index contributed by atoms with van der Waals surface area (Å²) in [7, 11) is 0. The van der Waals surface area contributed by atoms with Gasteiger partial charge in [0, 0.05) is 30.9 Å². The molecule has 33 heavy (non-hydrogen) atoms. The van der Waals surface area contributed by atoms with Crippen molar-refractivity contribution >= 4 is 22.3 Å². The molecular formula is C24H19F3N4O2. The van der Waals surface area contributed by atoms with Crippen molar-refractivity contribution in [1.82, 2.24) is 15.5 Å². The Labute approximate surface area is 186 Å². The van der Waals surface area contributed by atoms with Gasteiger partial charge in [-0.3, -0.25) is 5.10 Å². The van der Waals surface area contributed by atoms with E-state index in [4.69, 9.17) is 9.47 Å². The first-order chi connectivity index (χ1) is 16.1. The van der Waals surface area contributed by atoms with Crippen molar-refractivity contribution in [3.63, 3.8) is 0 Å². The van der Waals surface area contributed by atoms with Gasteiger partial charge in [0.15, 0.2) is 23.1 Å². The van der Waals surface area contributed by atoms with E-state index < -0.39 is 17.7 Å². The number of nitrogens with one attached hydrogen (secondary N) is 2. The first-order valence-corrected chi connectivity index (χ1v) is 10.6. The molecule has 0 aliphatic carbocycles. The number of aromatic nitrogens is 2. The molecule has 0 bridgehead atoms. The molecule has 9 heteroatoms. The molecule has 2 aliphatic rings. The summed E-state index contributed by atoms with van der Waals surface area (Å²) in [5.74, 6) is -1.77. The highest BCUT2D eigenvalue weighted by molar-refractivity contribution is 5.93. The van der Waals surface area contributed by atoms with E-state index in [-0.39, 0.29) is 24.3 Å². The van der Waals surface area contributed by atoms with Gasteiger partial charge in [0.1, 0.15) is 18.5 Å². The quantitative estimate of drug-likeness (QED) is 0.474. The average molecular weight is 452 g/mol. The Morgan fingerprint density at radius 3 is 2.45 bits per heavy atom. The zero-order chi connectivity index (χ0) is 22.5. The van der Waals surface area contributed by atoms with Crippen LogP contribution in [0.15, 0.2) is 54.7 Å². The van der Waals surface area contributed by atoms with E-state index in [0.29, 0.717) is 30.2 Å². The van der Waals surface area contributed by atoms with Gasteiger partial charge in [0.05, 0.1) is 28.8 Å². The molecular weight excluding hydrogens is 433 g/mol. The van der Waals surface area contributed by atoms with Gasteiger partial charge in [-0.25, -0.2) is 13.2 Å². The number of hydrogen-bond acceptors (Lipinski definition) is 5. The second kappa shape index (κ2) is 7.70. The Hall–Kier alpha value is -3.72. The summed E-state index contributed by atoms with van der Waals surface area (Å²) in [6, 6.07) is 11.7. The van der Waals surface area contributed by atoms with Crippen molar-refractivity contribution in [1.29, 1.82) is 0 Å². The molecule has 0 radical (unpaired) electrons. The molecule has 6 nitrogen and oxygen atoms in total. The molecule has 6 rings (SSSR count). The second-order valence-corrected chi connectivity index (χ2v) is 8.13. The molecule has 1 aromatic heterocycles. The fraction of sp³-hybridized carbons (Fsp3) is 0.208. The van der Waals surface area contributed by atoms with Gasteiger partial charge in [-0.05, 0) is 29.8 Å². The number of anilines is 2. The fourth-order valence-corrected chi connectivity index (χ4v) is 4.29. The zero-order valence-corrected chi connectivity index (χ0v) is 17.3. The predicted octanol–water partition coefficient (Wildman–Crippen LogP) is 4.60. The zero-order valence-electron chi connectivity index (χ0n) is 17.3. The monoisotopic (exact) mass is 452 g/mol. The van der Waals surface area contributed by atoms with Crippen LogP contribution in [-0.2, 0) is 0 Å². The summed E-state index contributed by atoms with van der Waals surface area (Å²) in [4.78, 5) is 1.80. The number of H-pyrrole nitrogens is 1. The lowest BCUT2D eigenvalue weighted by atomic mass is 10.0. The predicted molar refractivity (Wildman–Crippen MR) is 117 cm³/mol. The van der Waals surface area contributed by atoms with Crippen LogP contribution in [0.5, 0.6) is 11.5 Å². The average Bonchev–Trinajstić information content (AvgIpc) is 3.26. The number of rotatable bonds is 4. The molecule has 0 saturated carbocycles. The molecule has 1 atom stereocenters. The third-order valence-electron chi connectivity index (χ3n) is 6.06. The lowest BCUT2D eigenvalue weighted by Gasteiger charge is -2.39. The maximum Gasteiger partial charge on any atom is 0.191 e. The van der Waals surface area contributed by atoms with Crippen LogP contribution >= 0.6 is 0 Å². The van der Waals surface area contributed by atoms with Gasteiger partial charge in [-0.1, -0.05) is 12.1 Å². The molecule has 1 saturated heterocycles. The molecule has 2 aliphatic heterocycles. The Bertz CT molecular complexity index is 1310. The summed E-state index contributed by atoms with van der Waals surface area (Å²) in [5, 5.41) is 10.7. The van der Waals surface area contributed by atoms with Crippen molar-refractivity contribution in [3.8, 4) is 11.5 Å². The van der Waals surface area contributed by atoms with Crippen molar-refractivity contribution in [2.45, 2.75) is 12.1 Å². The van der Waals surface area contributed by atoms with Crippen LogP contribution in [0.2, 0.25) is 0 Å². The number of halogens is 3. The number of hydrogen-bond donors (Lipinski definition) is 2. The van der Waals surface area contributed by atoms with Crippen molar-refractivity contribution < 1.29 is 22.6 Å². The van der Waals surface area contributed by atoms with Gasteiger partial charge in [0.25, 0.3) is 0 Å². The number of ether oxygens (including phenoxy) is 2. The number of benzene rings is 3. The van der Waals surface area contributed by atoms with E-state index in [1.807, 2.05) is 12.1 Å². The number of aromatic amines is 1. The Kier molecular flexibility index (Phi) is 4.65. The van der Waals surface area contributed by atoms with E-state index in [1.54, 1.807) is 23.2 Å². The summed E-state index contributed by atoms with van der Waals surface area (Å²) < 4.78 is 55.2. The normalized spacial score (nSPS) is 18.0. The van der Waals surface area contributed by atoms with Crippen LogP contribution in [0.3, 0.4) is 0 Å². The molecule has 1 fully saturated rings. The minimum absolute atomic E-state index is 0.193. The summed E-state index contributed by atoms with van der Waals surface area (Å²) >= 11 is 0. The smallest absolute Gasteiger partial charge is 0.191 e. The summed E-state index contributed by atoms with van der Waals surface area (Å²) in [5.41, 5.74) is 2.45. The SMILES string of the molecule is Fc1ccc([C@@H]2COc3c(ccc4[nH]ncc34)N2c2cc(F)c(OC3CNC3)c(F)c2)cc1. The van der Waals surface area contributed by atoms with Crippen molar-refractivity contribution in [2.24, 2.45) is 0 Å². The van der Waals surface area contributed by atoms with Crippen LogP contribution in [0.4, 0.5) is 24.5 Å². The summed E-state index contributed by atoms with van der Waals surface area (Å²) in [6.07, 6.45) is 1.39. The van der Waals surface area contributed by atoms with Gasteiger partial charge < -0.3 is 19.7 Å². The molecule has 3 aromatic carbocycles. The summed E-state index contributed by atoms with van der Waals surface area (Å²) in [6.45, 7) is 1.29. The molecule has 0 unspecified atom stereocenters. The highest BCUT2D eigenvalue weighted by Crippen LogP contribution is 2.48. The van der Waals surface area contributed by atoms with Gasteiger partial charge in [0.2, 0.25) is 0 Å². The van der Waals surface area contributed by atoms with Crippen LogP contribution in [0.1, 0.15) is 11.6 Å². The van der Waals surface area contributed by atoms with E-state index in [9.17, 15) is 4.39 Å². The first-order valence-electron chi connectivity index (χ1n) is 10.6. The fourth-order valence-electron chi connectivity index (χ4n) is 4.29. The molecule has 0 spiro atoms. The highest BCUT2D eigenvalue weighted by Gasteiger charge is 2.33. The molecule has 3 heterocycles. The standard InChI is InChI=1S/C24H19F3N4O2/c25-14-3-1-13(2-4-14)22-12-32-23-17-11-29-30-20(17)5-6-21(23)31(22)15-7-18(26)24(19(27)8-15)33-16-9-28-10-16/h1-8,11,16,22,28H,9-10,12H2,(H,29,30)/t22-/m0/s1. The molecule has 0 amide bonds. The van der Waals surface area contributed by atoms with E-state index in [0.717, 1.165) is 16.5 Å². The van der Waals surface area contributed by atoms with Gasteiger partial charge >= 0.3 is 0 Å². The van der Waals surface area contributed by atoms with Gasteiger partial charge in [-0.15, -0.1) is 0 Å². The highest BCUT2D eigenvalue weighted by atomic mass is 19.1. The minimum atomic E-state index is -0.785. The second-order valence-electron chi connectivity index (χ2n) is 8.13. The van der Waals surface area contributed by atoms with Crippen LogP contribution < -0.4 is 19.7 Å². The Balaban J connectivity index is 1.49. The number of nitrogens with zero attached hydrogens (tertiary/aromatic N) is 2. The third-order valence-corrected chi connectivity index (χ3v) is 6.06. The van der Waals surface area contributed by atoms with Crippen LogP contribution in [-0.4, -0.2) is 36.0 Å². The van der Waals surface area contributed by atoms with Crippen molar-refractivity contribution in [3.05, 3.63) is 77.7 Å². The lowest BCUT2D eigenvalue weighted by molar-refractivity contribution is 0.130. The maximum atomic E-state index is 15.0. The topological polar surface area (TPSA) is 62.4 Å². The Morgan fingerprint density at radius 1 is 1.00 bits per heavy atom. The van der Waals surface area contributed by atoms with E-state index in [2.05, 4.69) is 15.5 Å². The van der Waals surface area contributed by atoms with Crippen molar-refractivity contribution in [2.75, 3.05) is 24.6 Å². The lowest BCUT2D eigenvalue weighted by Crippen LogP contribution is -2.50. The van der Waals surface area contributed by atoms with E-state index >= 15 is 8.78 Å². The maximum absolute atomic E-state index is 15.0.